The van der Waals surface area contributed by atoms with E-state index < -0.39 is 5.82 Å². The number of hydrogen-bond donors (Lipinski definition) is 0. The molecule has 4 rings (SSSR count). The minimum absolute atomic E-state index is 0.00208. The standard InChI is InChI=1S/C22H23FN4O2/c1-15-4-3-5-16(12-15)20-7-9-27(10-11-29-20)22-25-19(13-21(28)26(22)2)17-6-8-24-14-18(17)23/h3-6,8,12-14,20H,7,9-11H2,1-2H3. The molecule has 1 saturated heterocycles. The van der Waals surface area contributed by atoms with Gasteiger partial charge in [-0.2, -0.15) is 0 Å². The number of rotatable bonds is 3. The lowest BCUT2D eigenvalue weighted by atomic mass is 10.0. The summed E-state index contributed by atoms with van der Waals surface area (Å²) in [5.41, 5.74) is 2.69. The number of aromatic nitrogens is 3. The number of ether oxygens (including phenoxy) is 1. The molecule has 6 nitrogen and oxygen atoms in total. The molecule has 0 bridgehead atoms. The Morgan fingerprint density at radius 2 is 2.07 bits per heavy atom. The minimum Gasteiger partial charge on any atom is -0.372 e. The van der Waals surface area contributed by atoms with E-state index in [1.54, 1.807) is 7.05 Å². The molecule has 1 aliphatic rings. The largest absolute Gasteiger partial charge is 0.372 e. The van der Waals surface area contributed by atoms with Gasteiger partial charge in [0, 0.05) is 38.0 Å². The maximum absolute atomic E-state index is 14.2. The summed E-state index contributed by atoms with van der Waals surface area (Å²) in [7, 11) is 1.68. The average Bonchev–Trinajstić information content (AvgIpc) is 2.97. The van der Waals surface area contributed by atoms with E-state index >= 15 is 0 Å². The van der Waals surface area contributed by atoms with Crippen molar-refractivity contribution in [2.45, 2.75) is 19.4 Å². The highest BCUT2D eigenvalue weighted by molar-refractivity contribution is 5.60. The van der Waals surface area contributed by atoms with Crippen molar-refractivity contribution in [3.63, 3.8) is 0 Å². The maximum atomic E-state index is 14.2. The summed E-state index contributed by atoms with van der Waals surface area (Å²) < 4.78 is 21.7. The second-order valence-corrected chi connectivity index (χ2v) is 7.24. The van der Waals surface area contributed by atoms with E-state index in [0.29, 0.717) is 31.3 Å². The van der Waals surface area contributed by atoms with Crippen LogP contribution < -0.4 is 10.5 Å². The molecule has 0 saturated carbocycles. The molecule has 2 aromatic heterocycles. The SMILES string of the molecule is Cc1cccc(C2CCN(c3nc(-c4ccncc4F)cc(=O)n3C)CCO2)c1. The van der Waals surface area contributed by atoms with Gasteiger partial charge in [-0.25, -0.2) is 9.37 Å². The lowest BCUT2D eigenvalue weighted by Crippen LogP contribution is -2.33. The molecule has 0 N–H and O–H groups in total. The third kappa shape index (κ3) is 4.05. The van der Waals surface area contributed by atoms with Crippen molar-refractivity contribution in [1.29, 1.82) is 0 Å². The predicted octanol–water partition coefficient (Wildman–Crippen LogP) is 3.26. The van der Waals surface area contributed by atoms with E-state index in [9.17, 15) is 9.18 Å². The fourth-order valence-electron chi connectivity index (χ4n) is 3.64. The first-order valence-electron chi connectivity index (χ1n) is 9.64. The zero-order chi connectivity index (χ0) is 20.4. The van der Waals surface area contributed by atoms with Crippen LogP contribution in [0.1, 0.15) is 23.7 Å². The van der Waals surface area contributed by atoms with Crippen LogP contribution in [0.3, 0.4) is 0 Å². The number of anilines is 1. The molecule has 1 unspecified atom stereocenters. The van der Waals surface area contributed by atoms with Crippen LogP contribution in [0.2, 0.25) is 0 Å². The second kappa shape index (κ2) is 8.13. The number of nitrogens with zero attached hydrogens (tertiary/aromatic N) is 4. The Kier molecular flexibility index (Phi) is 5.40. The van der Waals surface area contributed by atoms with Crippen LogP contribution >= 0.6 is 0 Å². The maximum Gasteiger partial charge on any atom is 0.255 e. The Bertz CT molecular complexity index is 1080. The predicted molar refractivity (Wildman–Crippen MR) is 109 cm³/mol. The van der Waals surface area contributed by atoms with Gasteiger partial charge in [-0.05, 0) is 25.0 Å². The van der Waals surface area contributed by atoms with Crippen LogP contribution in [0.5, 0.6) is 0 Å². The van der Waals surface area contributed by atoms with Crippen LogP contribution in [0.4, 0.5) is 10.3 Å². The summed E-state index contributed by atoms with van der Waals surface area (Å²) in [5, 5.41) is 0. The highest BCUT2D eigenvalue weighted by Gasteiger charge is 2.22. The van der Waals surface area contributed by atoms with E-state index in [2.05, 4.69) is 35.1 Å². The van der Waals surface area contributed by atoms with Gasteiger partial charge in [0.05, 0.1) is 24.6 Å². The molecule has 7 heteroatoms. The van der Waals surface area contributed by atoms with Crippen molar-refractivity contribution in [2.75, 3.05) is 24.6 Å². The minimum atomic E-state index is -0.502. The molecular formula is C22H23FN4O2. The van der Waals surface area contributed by atoms with Gasteiger partial charge >= 0.3 is 0 Å². The van der Waals surface area contributed by atoms with Gasteiger partial charge in [0.15, 0.2) is 5.82 Å². The van der Waals surface area contributed by atoms with Gasteiger partial charge in [-0.3, -0.25) is 14.3 Å². The first-order chi connectivity index (χ1) is 14.0. The van der Waals surface area contributed by atoms with Gasteiger partial charge in [0.25, 0.3) is 5.56 Å². The lowest BCUT2D eigenvalue weighted by Gasteiger charge is -2.23. The molecule has 29 heavy (non-hydrogen) atoms. The number of halogens is 1. The number of pyridine rings is 1. The third-order valence-electron chi connectivity index (χ3n) is 5.20. The number of benzene rings is 1. The smallest absolute Gasteiger partial charge is 0.255 e. The van der Waals surface area contributed by atoms with Crippen LogP contribution in [0, 0.1) is 12.7 Å². The van der Waals surface area contributed by atoms with Crippen molar-refractivity contribution in [3.05, 3.63) is 76.1 Å². The fourth-order valence-corrected chi connectivity index (χ4v) is 3.64. The molecule has 0 amide bonds. The van der Waals surface area contributed by atoms with Crippen molar-refractivity contribution < 1.29 is 9.13 Å². The molecule has 1 aromatic carbocycles. The van der Waals surface area contributed by atoms with Crippen molar-refractivity contribution in [3.8, 4) is 11.3 Å². The lowest BCUT2D eigenvalue weighted by molar-refractivity contribution is 0.0647. The van der Waals surface area contributed by atoms with Crippen molar-refractivity contribution >= 4 is 5.95 Å². The Morgan fingerprint density at radius 1 is 1.21 bits per heavy atom. The Labute approximate surface area is 168 Å². The molecule has 1 atom stereocenters. The van der Waals surface area contributed by atoms with E-state index in [0.717, 1.165) is 18.2 Å². The van der Waals surface area contributed by atoms with Crippen LogP contribution in [0.15, 0.2) is 53.6 Å². The molecular weight excluding hydrogens is 371 g/mol. The van der Waals surface area contributed by atoms with Gasteiger partial charge in [-0.15, -0.1) is 0 Å². The third-order valence-corrected chi connectivity index (χ3v) is 5.20. The molecule has 150 valence electrons. The summed E-state index contributed by atoms with van der Waals surface area (Å²) >= 11 is 0. The Balaban J connectivity index is 1.63. The molecule has 0 radical (unpaired) electrons. The monoisotopic (exact) mass is 394 g/mol. The second-order valence-electron chi connectivity index (χ2n) is 7.24. The molecule has 0 spiro atoms. The van der Waals surface area contributed by atoms with Crippen molar-refractivity contribution in [2.24, 2.45) is 7.05 Å². The van der Waals surface area contributed by atoms with Crippen molar-refractivity contribution in [1.82, 2.24) is 14.5 Å². The van der Waals surface area contributed by atoms with Crippen LogP contribution in [-0.2, 0) is 11.8 Å². The first-order valence-corrected chi connectivity index (χ1v) is 9.64. The van der Waals surface area contributed by atoms with Gasteiger partial charge in [-0.1, -0.05) is 29.8 Å². The highest BCUT2D eigenvalue weighted by Crippen LogP contribution is 2.27. The quantitative estimate of drug-likeness (QED) is 0.682. The molecule has 0 aliphatic carbocycles. The molecule has 1 fully saturated rings. The van der Waals surface area contributed by atoms with E-state index in [1.807, 2.05) is 11.0 Å². The summed E-state index contributed by atoms with van der Waals surface area (Å²) in [6.07, 6.45) is 3.38. The number of aryl methyl sites for hydroxylation is 1. The van der Waals surface area contributed by atoms with Gasteiger partial charge in [0.2, 0.25) is 5.95 Å². The van der Waals surface area contributed by atoms with Crippen LogP contribution in [-0.4, -0.2) is 34.2 Å². The normalized spacial score (nSPS) is 17.2. The van der Waals surface area contributed by atoms with Crippen LogP contribution in [0.25, 0.3) is 11.3 Å². The molecule has 1 aliphatic heterocycles. The summed E-state index contributed by atoms with van der Waals surface area (Å²) in [5.74, 6) is 0.00937. The van der Waals surface area contributed by atoms with Gasteiger partial charge in [0.1, 0.15) is 0 Å². The Hall–Kier alpha value is -3.06. The van der Waals surface area contributed by atoms with E-state index in [-0.39, 0.29) is 17.2 Å². The van der Waals surface area contributed by atoms with E-state index in [1.165, 1.54) is 28.5 Å². The van der Waals surface area contributed by atoms with E-state index in [4.69, 9.17) is 4.74 Å². The zero-order valence-corrected chi connectivity index (χ0v) is 16.5. The molecule has 3 heterocycles. The number of hydrogen-bond acceptors (Lipinski definition) is 5. The molecule has 3 aromatic rings. The first kappa shape index (κ1) is 19.3. The highest BCUT2D eigenvalue weighted by atomic mass is 19.1. The summed E-state index contributed by atoms with van der Waals surface area (Å²) in [4.78, 5) is 22.9. The zero-order valence-electron chi connectivity index (χ0n) is 16.5. The Morgan fingerprint density at radius 3 is 2.86 bits per heavy atom. The average molecular weight is 394 g/mol. The fraction of sp³-hybridized carbons (Fsp3) is 0.318. The van der Waals surface area contributed by atoms with Gasteiger partial charge < -0.3 is 9.64 Å². The summed E-state index contributed by atoms with van der Waals surface area (Å²) in [6.45, 7) is 3.87. The topological polar surface area (TPSA) is 60.2 Å². The summed E-state index contributed by atoms with van der Waals surface area (Å²) in [6, 6.07) is 11.2.